The number of hydrogen-bond donors (Lipinski definition) is 2. The fraction of sp³-hybridized carbons (Fsp3) is 0.600. The Morgan fingerprint density at radius 3 is 2.71 bits per heavy atom. The summed E-state index contributed by atoms with van der Waals surface area (Å²) in [5.41, 5.74) is -0.124. The van der Waals surface area contributed by atoms with E-state index in [-0.39, 0.29) is 17.4 Å². The van der Waals surface area contributed by atoms with Crippen LogP contribution in [0.4, 0.5) is 4.79 Å². The average molecular weight is 310 g/mol. The Labute approximate surface area is 129 Å². The molecule has 0 unspecified atom stereocenters. The summed E-state index contributed by atoms with van der Waals surface area (Å²) in [5, 5.41) is 14.1. The fourth-order valence-electron chi connectivity index (χ4n) is 2.61. The molecule has 6 heteroatoms. The molecule has 0 aliphatic carbocycles. The number of amides is 2. The summed E-state index contributed by atoms with van der Waals surface area (Å²) in [6.45, 7) is 7.39. The van der Waals surface area contributed by atoms with Crippen molar-refractivity contribution in [3.8, 4) is 0 Å². The van der Waals surface area contributed by atoms with E-state index in [4.69, 9.17) is 5.11 Å². The second-order valence-corrected chi connectivity index (χ2v) is 7.29. The first-order valence-electron chi connectivity index (χ1n) is 7.11. The molecule has 0 spiro atoms. The molecule has 0 radical (unpaired) electrons. The van der Waals surface area contributed by atoms with E-state index in [2.05, 4.69) is 25.2 Å². The van der Waals surface area contributed by atoms with Crippen LogP contribution >= 0.6 is 11.3 Å². The molecule has 0 bridgehead atoms. The summed E-state index contributed by atoms with van der Waals surface area (Å²) < 4.78 is 0. The molecule has 1 aliphatic rings. The van der Waals surface area contributed by atoms with Crippen molar-refractivity contribution in [1.29, 1.82) is 0 Å². The summed E-state index contributed by atoms with van der Waals surface area (Å²) in [6, 6.07) is 3.90. The van der Waals surface area contributed by atoms with Crippen LogP contribution in [-0.2, 0) is 10.2 Å². The van der Waals surface area contributed by atoms with Gasteiger partial charge in [-0.15, -0.1) is 11.3 Å². The number of carboxylic acid groups (broad SMARTS) is 1. The third kappa shape index (κ3) is 3.56. The highest BCUT2D eigenvalue weighted by Crippen LogP contribution is 2.27. The highest BCUT2D eigenvalue weighted by Gasteiger charge is 2.37. The molecule has 1 aromatic heterocycles. The predicted octanol–water partition coefficient (Wildman–Crippen LogP) is 2.39. The van der Waals surface area contributed by atoms with E-state index in [1.165, 1.54) is 4.88 Å². The van der Waals surface area contributed by atoms with Crippen LogP contribution in [0.3, 0.4) is 0 Å². The van der Waals surface area contributed by atoms with E-state index in [1.54, 1.807) is 16.2 Å². The topological polar surface area (TPSA) is 69.6 Å². The normalized spacial score (nSPS) is 22.3. The quantitative estimate of drug-likeness (QED) is 0.897. The molecule has 1 saturated heterocycles. The van der Waals surface area contributed by atoms with Crippen molar-refractivity contribution in [2.24, 2.45) is 11.8 Å². The molecule has 2 atom stereocenters. The Kier molecular flexibility index (Phi) is 4.56. The van der Waals surface area contributed by atoms with Gasteiger partial charge < -0.3 is 15.3 Å². The summed E-state index contributed by atoms with van der Waals surface area (Å²) in [6.07, 6.45) is 0. The summed E-state index contributed by atoms with van der Waals surface area (Å²) >= 11 is 1.68. The molecule has 0 saturated carbocycles. The first-order valence-corrected chi connectivity index (χ1v) is 7.99. The second-order valence-electron chi connectivity index (χ2n) is 6.35. The van der Waals surface area contributed by atoms with Crippen LogP contribution < -0.4 is 5.32 Å². The van der Waals surface area contributed by atoms with Gasteiger partial charge in [0.05, 0.1) is 5.92 Å². The minimum absolute atomic E-state index is 0.00134. The van der Waals surface area contributed by atoms with Crippen LogP contribution in [-0.4, -0.2) is 41.6 Å². The number of likely N-dealkylation sites (tertiary alicyclic amines) is 1. The Morgan fingerprint density at radius 2 is 2.19 bits per heavy atom. The zero-order valence-electron chi connectivity index (χ0n) is 12.6. The van der Waals surface area contributed by atoms with Crippen molar-refractivity contribution < 1.29 is 14.7 Å². The van der Waals surface area contributed by atoms with Crippen molar-refractivity contribution in [1.82, 2.24) is 10.2 Å². The molecule has 2 rings (SSSR count). The molecule has 2 amide bonds. The van der Waals surface area contributed by atoms with Gasteiger partial charge >= 0.3 is 12.0 Å². The minimum atomic E-state index is -0.822. The van der Waals surface area contributed by atoms with Gasteiger partial charge in [0.25, 0.3) is 0 Å². The summed E-state index contributed by atoms with van der Waals surface area (Å²) in [4.78, 5) is 26.1. The van der Waals surface area contributed by atoms with Gasteiger partial charge in [0.2, 0.25) is 0 Å². The van der Waals surface area contributed by atoms with E-state index < -0.39 is 11.9 Å². The van der Waals surface area contributed by atoms with Gasteiger partial charge in [0.1, 0.15) is 0 Å². The molecule has 1 aliphatic heterocycles. The van der Waals surface area contributed by atoms with E-state index in [0.717, 1.165) is 0 Å². The van der Waals surface area contributed by atoms with Gasteiger partial charge in [0.15, 0.2) is 0 Å². The Morgan fingerprint density at radius 1 is 1.48 bits per heavy atom. The fourth-order valence-corrected chi connectivity index (χ4v) is 3.47. The van der Waals surface area contributed by atoms with Gasteiger partial charge in [-0.2, -0.15) is 0 Å². The molecule has 1 aromatic rings. The largest absolute Gasteiger partial charge is 0.481 e. The lowest BCUT2D eigenvalue weighted by Crippen LogP contribution is -2.44. The molecule has 21 heavy (non-hydrogen) atoms. The van der Waals surface area contributed by atoms with E-state index in [0.29, 0.717) is 19.6 Å². The summed E-state index contributed by atoms with van der Waals surface area (Å²) in [5.74, 6) is -1.28. The van der Waals surface area contributed by atoms with E-state index >= 15 is 0 Å². The molecule has 5 nitrogen and oxygen atoms in total. The highest BCUT2D eigenvalue weighted by atomic mass is 32.1. The molecule has 2 heterocycles. The number of nitrogens with one attached hydrogen (secondary N) is 1. The van der Waals surface area contributed by atoms with E-state index in [1.807, 2.05) is 18.4 Å². The number of carbonyl (C=O) groups is 2. The SMILES string of the molecule is C[C@@H]1CN(C(=O)NCC(C)(C)c2cccs2)C[C@H]1C(=O)O. The number of nitrogens with zero attached hydrogens (tertiary/aromatic N) is 1. The first-order chi connectivity index (χ1) is 9.81. The first kappa shape index (κ1) is 15.8. The monoisotopic (exact) mass is 310 g/mol. The molecule has 1 fully saturated rings. The average Bonchev–Trinajstić information content (AvgIpc) is 3.05. The zero-order valence-corrected chi connectivity index (χ0v) is 13.4. The smallest absolute Gasteiger partial charge is 0.317 e. The molecular weight excluding hydrogens is 288 g/mol. The number of carboxylic acids is 1. The number of carbonyl (C=O) groups excluding carboxylic acids is 1. The molecule has 2 N–H and O–H groups in total. The van der Waals surface area contributed by atoms with Crippen LogP contribution in [0.5, 0.6) is 0 Å². The zero-order chi connectivity index (χ0) is 15.6. The van der Waals surface area contributed by atoms with Crippen molar-refractivity contribution in [3.63, 3.8) is 0 Å². The maximum Gasteiger partial charge on any atom is 0.317 e. The van der Waals surface area contributed by atoms with Crippen LogP contribution in [0.25, 0.3) is 0 Å². The van der Waals surface area contributed by atoms with Crippen molar-refractivity contribution in [3.05, 3.63) is 22.4 Å². The van der Waals surface area contributed by atoms with Gasteiger partial charge in [0, 0.05) is 29.9 Å². The lowest BCUT2D eigenvalue weighted by atomic mass is 9.91. The van der Waals surface area contributed by atoms with Crippen LogP contribution in [0, 0.1) is 11.8 Å². The van der Waals surface area contributed by atoms with Crippen LogP contribution in [0.1, 0.15) is 25.6 Å². The summed E-state index contributed by atoms with van der Waals surface area (Å²) in [7, 11) is 0. The second kappa shape index (κ2) is 6.05. The third-order valence-corrected chi connectivity index (χ3v) is 5.32. The van der Waals surface area contributed by atoms with Crippen molar-refractivity contribution in [2.45, 2.75) is 26.2 Å². The number of rotatable bonds is 4. The number of aliphatic carboxylic acids is 1. The minimum Gasteiger partial charge on any atom is -0.481 e. The maximum absolute atomic E-state index is 12.2. The number of thiophene rings is 1. The standard InChI is InChI=1S/C15H22N2O3S/c1-10-7-17(8-11(10)13(18)19)14(20)16-9-15(2,3)12-5-4-6-21-12/h4-6,10-11H,7-9H2,1-3H3,(H,16,20)(H,18,19)/t10-,11-/m1/s1. The van der Waals surface area contributed by atoms with Gasteiger partial charge in [-0.05, 0) is 17.4 Å². The van der Waals surface area contributed by atoms with Crippen LogP contribution in [0.2, 0.25) is 0 Å². The lowest BCUT2D eigenvalue weighted by molar-refractivity contribution is -0.142. The maximum atomic E-state index is 12.2. The Hall–Kier alpha value is -1.56. The highest BCUT2D eigenvalue weighted by molar-refractivity contribution is 7.10. The van der Waals surface area contributed by atoms with Crippen molar-refractivity contribution >= 4 is 23.3 Å². The lowest BCUT2D eigenvalue weighted by Gasteiger charge is -2.25. The Balaban J connectivity index is 1.90. The predicted molar refractivity (Wildman–Crippen MR) is 82.6 cm³/mol. The van der Waals surface area contributed by atoms with Gasteiger partial charge in [-0.25, -0.2) is 4.79 Å². The van der Waals surface area contributed by atoms with Crippen LogP contribution in [0.15, 0.2) is 17.5 Å². The molecule has 0 aromatic carbocycles. The number of hydrogen-bond acceptors (Lipinski definition) is 3. The van der Waals surface area contributed by atoms with Gasteiger partial charge in [-0.3, -0.25) is 4.79 Å². The molecular formula is C15H22N2O3S. The van der Waals surface area contributed by atoms with Gasteiger partial charge in [-0.1, -0.05) is 26.8 Å². The molecule has 116 valence electrons. The number of urea groups is 1. The third-order valence-electron chi connectivity index (χ3n) is 4.09. The Bertz CT molecular complexity index is 513. The van der Waals surface area contributed by atoms with Crippen molar-refractivity contribution in [2.75, 3.05) is 19.6 Å². The van der Waals surface area contributed by atoms with E-state index in [9.17, 15) is 9.59 Å².